The molecule has 2 amide bonds. The maximum Gasteiger partial charge on any atom is 0.320 e. The first-order chi connectivity index (χ1) is 15.2. The smallest absolute Gasteiger partial charge is 0.320 e. The maximum atomic E-state index is 13.3. The van der Waals surface area contributed by atoms with Crippen LogP contribution >= 0.6 is 0 Å². The molecule has 0 aliphatic rings. The van der Waals surface area contributed by atoms with Crippen molar-refractivity contribution in [3.05, 3.63) is 84.2 Å². The summed E-state index contributed by atoms with van der Waals surface area (Å²) in [6, 6.07) is 11.7. The van der Waals surface area contributed by atoms with Gasteiger partial charge in [-0.05, 0) is 61.9 Å². The van der Waals surface area contributed by atoms with Gasteiger partial charge in [0.25, 0.3) is 0 Å². The second kappa shape index (κ2) is 8.35. The predicted molar refractivity (Wildman–Crippen MR) is 116 cm³/mol. The number of hydrogen-bond acceptors (Lipinski definition) is 4. The van der Waals surface area contributed by atoms with Crippen molar-refractivity contribution in [3.8, 4) is 5.69 Å². The van der Waals surface area contributed by atoms with Crippen LogP contribution in [0.15, 0.2) is 67.0 Å². The van der Waals surface area contributed by atoms with E-state index in [0.29, 0.717) is 16.8 Å². The van der Waals surface area contributed by atoms with Gasteiger partial charge >= 0.3 is 6.03 Å². The van der Waals surface area contributed by atoms with E-state index in [-0.39, 0.29) is 11.6 Å². The molecule has 0 bridgehead atoms. The highest BCUT2D eigenvalue weighted by Crippen LogP contribution is 2.26. The summed E-state index contributed by atoms with van der Waals surface area (Å²) in [7, 11) is 0. The molecule has 0 aliphatic heterocycles. The molecular weight excluding hydrogens is 416 g/mol. The van der Waals surface area contributed by atoms with E-state index in [2.05, 4.69) is 20.7 Å². The van der Waals surface area contributed by atoms with Crippen molar-refractivity contribution < 1.29 is 18.7 Å². The van der Waals surface area contributed by atoms with Crippen molar-refractivity contribution in [2.24, 2.45) is 0 Å². The normalized spacial score (nSPS) is 12.5. The Morgan fingerprint density at radius 1 is 1.03 bits per heavy atom. The van der Waals surface area contributed by atoms with E-state index in [4.69, 9.17) is 0 Å². The van der Waals surface area contributed by atoms with Gasteiger partial charge in [0.1, 0.15) is 17.5 Å². The monoisotopic (exact) mass is 437 g/mol. The zero-order valence-electron chi connectivity index (χ0n) is 17.4. The molecule has 1 atom stereocenters. The number of benzene rings is 2. The minimum Gasteiger partial charge on any atom is -0.388 e. The Morgan fingerprint density at radius 2 is 1.66 bits per heavy atom. The average Bonchev–Trinajstić information content (AvgIpc) is 3.16. The molecule has 164 valence electrons. The summed E-state index contributed by atoms with van der Waals surface area (Å²) in [5.41, 5.74) is 0.610. The van der Waals surface area contributed by atoms with Gasteiger partial charge in [-0.25, -0.2) is 23.2 Å². The topological polar surface area (TPSA) is 92.1 Å². The summed E-state index contributed by atoms with van der Waals surface area (Å²) >= 11 is 0. The Bertz CT molecular complexity index is 1250. The lowest BCUT2D eigenvalue weighted by molar-refractivity contribution is 0.0415. The van der Waals surface area contributed by atoms with Crippen molar-refractivity contribution in [3.63, 3.8) is 0 Å². The SMILES string of the molecule is CC(C)(O)[C@@H](NC(=O)Nc1cc2cnn(-c3ccc(F)cc3)c2cn1)c1ccc(F)cc1. The van der Waals surface area contributed by atoms with E-state index in [1.807, 2.05) is 0 Å². The van der Waals surface area contributed by atoms with E-state index in [9.17, 15) is 18.7 Å². The number of carbonyl (C=O) groups is 1. The Morgan fingerprint density at radius 3 is 2.28 bits per heavy atom. The minimum atomic E-state index is -1.30. The first-order valence-electron chi connectivity index (χ1n) is 9.86. The lowest BCUT2D eigenvalue weighted by atomic mass is 9.92. The standard InChI is InChI=1S/C23H21F2N5O2/c1-23(2,32)21(14-3-5-16(24)6-4-14)29-22(31)28-20-11-15-12-27-30(19(15)13-26-20)18-9-7-17(25)8-10-18/h3-13,21,32H,1-2H3,(H2,26,28,29,31)/t21-/m0/s1. The molecule has 2 heterocycles. The molecule has 2 aromatic heterocycles. The first-order valence-corrected chi connectivity index (χ1v) is 9.86. The number of aliphatic hydroxyl groups is 1. The summed E-state index contributed by atoms with van der Waals surface area (Å²) in [5, 5.41) is 20.9. The van der Waals surface area contributed by atoms with Gasteiger partial charge in [0.05, 0.1) is 35.2 Å². The van der Waals surface area contributed by atoms with Crippen molar-refractivity contribution in [2.45, 2.75) is 25.5 Å². The Labute approximate surface area is 182 Å². The van der Waals surface area contributed by atoms with Crippen LogP contribution in [0.2, 0.25) is 0 Å². The molecule has 4 rings (SSSR count). The largest absolute Gasteiger partial charge is 0.388 e. The highest BCUT2D eigenvalue weighted by molar-refractivity contribution is 5.91. The number of urea groups is 1. The maximum absolute atomic E-state index is 13.3. The predicted octanol–water partition coefficient (Wildman–Crippen LogP) is 4.33. The number of halogens is 2. The second-order valence-electron chi connectivity index (χ2n) is 7.90. The molecule has 0 aliphatic carbocycles. The molecule has 32 heavy (non-hydrogen) atoms. The molecule has 2 aromatic carbocycles. The minimum absolute atomic E-state index is 0.280. The summed E-state index contributed by atoms with van der Waals surface area (Å²) in [4.78, 5) is 16.9. The van der Waals surface area contributed by atoms with Gasteiger partial charge in [0, 0.05) is 5.39 Å². The molecular formula is C23H21F2N5O2. The number of nitrogens with zero attached hydrogens (tertiary/aromatic N) is 3. The van der Waals surface area contributed by atoms with Crippen LogP contribution in [0.4, 0.5) is 19.4 Å². The third kappa shape index (κ3) is 4.57. The van der Waals surface area contributed by atoms with E-state index in [1.165, 1.54) is 36.4 Å². The number of fused-ring (bicyclic) bond motifs is 1. The van der Waals surface area contributed by atoms with Gasteiger partial charge < -0.3 is 10.4 Å². The quantitative estimate of drug-likeness (QED) is 0.433. The number of hydrogen-bond donors (Lipinski definition) is 3. The summed E-state index contributed by atoms with van der Waals surface area (Å²) in [6.45, 7) is 3.10. The van der Waals surface area contributed by atoms with E-state index in [1.54, 1.807) is 49.1 Å². The number of amides is 2. The van der Waals surface area contributed by atoms with Gasteiger partial charge in [0.2, 0.25) is 0 Å². The summed E-state index contributed by atoms with van der Waals surface area (Å²) in [5.74, 6) is -0.473. The third-order valence-corrected chi connectivity index (χ3v) is 4.95. The Balaban J connectivity index is 1.52. The highest BCUT2D eigenvalue weighted by atomic mass is 19.1. The van der Waals surface area contributed by atoms with Crippen molar-refractivity contribution in [1.82, 2.24) is 20.1 Å². The fraction of sp³-hybridized carbons (Fsp3) is 0.174. The molecule has 7 nitrogen and oxygen atoms in total. The van der Waals surface area contributed by atoms with Crippen molar-refractivity contribution >= 4 is 22.8 Å². The lowest BCUT2D eigenvalue weighted by Crippen LogP contribution is -2.43. The Kier molecular flexibility index (Phi) is 5.58. The molecule has 3 N–H and O–H groups in total. The molecule has 0 saturated heterocycles. The third-order valence-electron chi connectivity index (χ3n) is 4.95. The van der Waals surface area contributed by atoms with E-state index >= 15 is 0 Å². The second-order valence-corrected chi connectivity index (χ2v) is 7.90. The number of aromatic nitrogens is 3. The summed E-state index contributed by atoms with van der Waals surface area (Å²) in [6.07, 6.45) is 3.16. The van der Waals surface area contributed by atoms with Crippen molar-refractivity contribution in [1.29, 1.82) is 0 Å². The number of pyridine rings is 1. The van der Waals surface area contributed by atoms with E-state index < -0.39 is 23.5 Å². The fourth-order valence-electron chi connectivity index (χ4n) is 3.39. The molecule has 0 fully saturated rings. The molecule has 0 saturated carbocycles. The van der Waals surface area contributed by atoms with Gasteiger partial charge in [-0.2, -0.15) is 5.10 Å². The van der Waals surface area contributed by atoms with Gasteiger partial charge in [0.15, 0.2) is 0 Å². The molecule has 0 spiro atoms. The Hall–Kier alpha value is -3.85. The molecule has 4 aromatic rings. The van der Waals surface area contributed by atoms with Crippen LogP contribution in [0.1, 0.15) is 25.5 Å². The summed E-state index contributed by atoms with van der Waals surface area (Å²) < 4.78 is 28.1. The van der Waals surface area contributed by atoms with Crippen LogP contribution in [-0.2, 0) is 0 Å². The van der Waals surface area contributed by atoms with Gasteiger partial charge in [-0.1, -0.05) is 12.1 Å². The molecule has 0 unspecified atom stereocenters. The average molecular weight is 437 g/mol. The van der Waals surface area contributed by atoms with Crippen LogP contribution in [0.3, 0.4) is 0 Å². The fourth-order valence-corrected chi connectivity index (χ4v) is 3.39. The molecule has 9 heteroatoms. The number of nitrogens with one attached hydrogen (secondary N) is 2. The van der Waals surface area contributed by atoms with E-state index in [0.717, 1.165) is 5.39 Å². The highest BCUT2D eigenvalue weighted by Gasteiger charge is 2.30. The molecule has 0 radical (unpaired) electrons. The number of carbonyl (C=O) groups excluding carboxylic acids is 1. The first kappa shape index (κ1) is 21.4. The van der Waals surface area contributed by atoms with Gasteiger partial charge in [-0.15, -0.1) is 0 Å². The number of anilines is 1. The van der Waals surface area contributed by atoms with Crippen LogP contribution in [0.5, 0.6) is 0 Å². The van der Waals surface area contributed by atoms with Gasteiger partial charge in [-0.3, -0.25) is 5.32 Å². The van der Waals surface area contributed by atoms with Crippen molar-refractivity contribution in [2.75, 3.05) is 5.32 Å². The van der Waals surface area contributed by atoms with Crippen LogP contribution in [-0.4, -0.2) is 31.5 Å². The van der Waals surface area contributed by atoms with Crippen LogP contribution < -0.4 is 10.6 Å². The van der Waals surface area contributed by atoms with Crippen LogP contribution in [0.25, 0.3) is 16.6 Å². The zero-order valence-corrected chi connectivity index (χ0v) is 17.4. The number of rotatable bonds is 5. The zero-order chi connectivity index (χ0) is 22.9. The lowest BCUT2D eigenvalue weighted by Gasteiger charge is -2.30. The van der Waals surface area contributed by atoms with Crippen LogP contribution in [0, 0.1) is 11.6 Å².